The fourth-order valence-electron chi connectivity index (χ4n) is 3.87. The molecule has 1 heteroatoms. The van der Waals surface area contributed by atoms with Crippen molar-refractivity contribution in [3.05, 3.63) is 0 Å². The summed E-state index contributed by atoms with van der Waals surface area (Å²) in [6.07, 6.45) is 14.2. The first-order valence-corrected chi connectivity index (χ1v) is 7.81. The number of carbonyl (C=O) groups is 1. The van der Waals surface area contributed by atoms with Crippen LogP contribution in [0.25, 0.3) is 0 Å². The minimum atomic E-state index is 0.512. The summed E-state index contributed by atoms with van der Waals surface area (Å²) in [5.41, 5.74) is 0. The Hall–Kier alpha value is -0.330. The average Bonchev–Trinajstić information content (AvgIpc) is 2.38. The smallest absolute Gasteiger partial charge is 0.132 e. The van der Waals surface area contributed by atoms with Crippen LogP contribution in [0.5, 0.6) is 0 Å². The number of hydrogen-bond donors (Lipinski definition) is 0. The van der Waals surface area contributed by atoms with Crippen molar-refractivity contribution in [2.45, 2.75) is 77.6 Å². The number of ketones is 1. The number of unbranched alkanes of at least 4 members (excludes halogenated alkanes) is 1. The van der Waals surface area contributed by atoms with Crippen LogP contribution < -0.4 is 0 Å². The van der Waals surface area contributed by atoms with Crippen molar-refractivity contribution < 1.29 is 4.79 Å². The molecule has 2 aliphatic carbocycles. The fourth-order valence-corrected chi connectivity index (χ4v) is 3.87. The van der Waals surface area contributed by atoms with Gasteiger partial charge in [0.1, 0.15) is 5.78 Å². The highest BCUT2D eigenvalue weighted by atomic mass is 16.1. The van der Waals surface area contributed by atoms with Gasteiger partial charge < -0.3 is 0 Å². The summed E-state index contributed by atoms with van der Waals surface area (Å²) in [4.78, 5) is 11.3. The fraction of sp³-hybridized carbons (Fsp3) is 0.938. The van der Waals surface area contributed by atoms with E-state index in [0.29, 0.717) is 5.78 Å². The molecule has 0 aromatic carbocycles. The van der Waals surface area contributed by atoms with Gasteiger partial charge in [0.15, 0.2) is 0 Å². The number of rotatable bonds is 4. The molecule has 2 rings (SSSR count). The lowest BCUT2D eigenvalue weighted by Crippen LogP contribution is -2.25. The van der Waals surface area contributed by atoms with Gasteiger partial charge >= 0.3 is 0 Å². The van der Waals surface area contributed by atoms with Gasteiger partial charge in [-0.1, -0.05) is 39.0 Å². The third-order valence-electron chi connectivity index (χ3n) is 5.11. The van der Waals surface area contributed by atoms with Crippen molar-refractivity contribution in [3.63, 3.8) is 0 Å². The Balaban J connectivity index is 1.69. The summed E-state index contributed by atoms with van der Waals surface area (Å²) in [7, 11) is 0. The van der Waals surface area contributed by atoms with Gasteiger partial charge in [0.05, 0.1) is 0 Å². The topological polar surface area (TPSA) is 17.1 Å². The van der Waals surface area contributed by atoms with E-state index >= 15 is 0 Å². The van der Waals surface area contributed by atoms with Crippen LogP contribution in [0.3, 0.4) is 0 Å². The van der Waals surface area contributed by atoms with Crippen LogP contribution in [0.2, 0.25) is 0 Å². The van der Waals surface area contributed by atoms with Crippen LogP contribution in [0.1, 0.15) is 77.6 Å². The SMILES string of the molecule is CCCCC1CCC(C2CCC(=O)CC2)CC1. The molecular formula is C16H28O. The molecule has 0 amide bonds. The van der Waals surface area contributed by atoms with E-state index < -0.39 is 0 Å². The zero-order valence-electron chi connectivity index (χ0n) is 11.4. The molecule has 2 fully saturated rings. The summed E-state index contributed by atoms with van der Waals surface area (Å²) in [5, 5.41) is 0. The first-order valence-electron chi connectivity index (χ1n) is 7.81. The van der Waals surface area contributed by atoms with Gasteiger partial charge in [0.25, 0.3) is 0 Å². The van der Waals surface area contributed by atoms with Gasteiger partial charge in [-0.2, -0.15) is 0 Å². The standard InChI is InChI=1S/C16H28O/c1-2-3-4-13-5-7-14(8-6-13)15-9-11-16(17)12-10-15/h13-15H,2-12H2,1H3. The molecule has 0 aliphatic heterocycles. The number of Topliss-reactive ketones (excluding diaryl/α,β-unsaturated/α-hetero) is 1. The first-order chi connectivity index (χ1) is 8.29. The Morgan fingerprint density at radius 2 is 1.53 bits per heavy atom. The third kappa shape index (κ3) is 3.82. The van der Waals surface area contributed by atoms with E-state index in [1.165, 1.54) is 57.8 Å². The van der Waals surface area contributed by atoms with E-state index in [9.17, 15) is 4.79 Å². The van der Waals surface area contributed by atoms with E-state index in [2.05, 4.69) is 6.92 Å². The van der Waals surface area contributed by atoms with Crippen molar-refractivity contribution in [2.24, 2.45) is 17.8 Å². The second-order valence-corrected chi connectivity index (χ2v) is 6.30. The second kappa shape index (κ2) is 6.56. The Bertz CT molecular complexity index is 228. The minimum absolute atomic E-state index is 0.512. The predicted molar refractivity (Wildman–Crippen MR) is 71.9 cm³/mol. The van der Waals surface area contributed by atoms with Crippen LogP contribution in [0, 0.1) is 17.8 Å². The monoisotopic (exact) mass is 236 g/mol. The van der Waals surface area contributed by atoms with Gasteiger partial charge in [-0.25, -0.2) is 0 Å². The Labute approximate surface area is 106 Å². The molecule has 0 saturated heterocycles. The molecule has 0 radical (unpaired) electrons. The van der Waals surface area contributed by atoms with Crippen molar-refractivity contribution in [1.29, 1.82) is 0 Å². The maximum Gasteiger partial charge on any atom is 0.132 e. The van der Waals surface area contributed by atoms with E-state index in [0.717, 1.165) is 30.6 Å². The zero-order valence-corrected chi connectivity index (χ0v) is 11.4. The summed E-state index contributed by atoms with van der Waals surface area (Å²) >= 11 is 0. The van der Waals surface area contributed by atoms with Gasteiger partial charge in [-0.3, -0.25) is 4.79 Å². The quantitative estimate of drug-likeness (QED) is 0.689. The van der Waals surface area contributed by atoms with Gasteiger partial charge in [0.2, 0.25) is 0 Å². The molecule has 0 atom stereocenters. The molecule has 2 aliphatic rings. The third-order valence-corrected chi connectivity index (χ3v) is 5.11. The zero-order chi connectivity index (χ0) is 12.1. The Morgan fingerprint density at radius 1 is 0.941 bits per heavy atom. The van der Waals surface area contributed by atoms with Crippen molar-refractivity contribution in [3.8, 4) is 0 Å². The lowest BCUT2D eigenvalue weighted by molar-refractivity contribution is -0.121. The van der Waals surface area contributed by atoms with Crippen LogP contribution in [-0.2, 0) is 4.79 Å². The second-order valence-electron chi connectivity index (χ2n) is 6.30. The van der Waals surface area contributed by atoms with E-state index in [-0.39, 0.29) is 0 Å². The normalized spacial score (nSPS) is 31.7. The van der Waals surface area contributed by atoms with E-state index in [1.807, 2.05) is 0 Å². The lowest BCUT2D eigenvalue weighted by Gasteiger charge is -2.35. The summed E-state index contributed by atoms with van der Waals surface area (Å²) in [6.45, 7) is 2.30. The molecule has 98 valence electrons. The van der Waals surface area contributed by atoms with Gasteiger partial charge in [-0.05, 0) is 43.4 Å². The molecule has 0 spiro atoms. The van der Waals surface area contributed by atoms with Crippen molar-refractivity contribution >= 4 is 5.78 Å². The highest BCUT2D eigenvalue weighted by Gasteiger charge is 2.29. The van der Waals surface area contributed by atoms with Gasteiger partial charge in [0, 0.05) is 12.8 Å². The minimum Gasteiger partial charge on any atom is -0.300 e. The summed E-state index contributed by atoms with van der Waals surface area (Å²) in [5.74, 6) is 3.38. The van der Waals surface area contributed by atoms with Crippen molar-refractivity contribution in [2.75, 3.05) is 0 Å². The average molecular weight is 236 g/mol. The van der Waals surface area contributed by atoms with E-state index in [4.69, 9.17) is 0 Å². The maximum atomic E-state index is 11.3. The molecule has 1 nitrogen and oxygen atoms in total. The molecule has 0 aromatic heterocycles. The molecule has 0 bridgehead atoms. The number of carbonyl (C=O) groups excluding carboxylic acids is 1. The van der Waals surface area contributed by atoms with Crippen LogP contribution >= 0.6 is 0 Å². The molecule has 0 aromatic rings. The van der Waals surface area contributed by atoms with Gasteiger partial charge in [-0.15, -0.1) is 0 Å². The lowest BCUT2D eigenvalue weighted by atomic mass is 9.70. The molecule has 2 saturated carbocycles. The van der Waals surface area contributed by atoms with Crippen LogP contribution in [0.15, 0.2) is 0 Å². The summed E-state index contributed by atoms with van der Waals surface area (Å²) in [6, 6.07) is 0. The maximum absolute atomic E-state index is 11.3. The predicted octanol–water partition coefficient (Wildman–Crippen LogP) is 4.74. The molecule has 0 heterocycles. The molecule has 0 unspecified atom stereocenters. The Kier molecular flexibility index (Phi) is 5.06. The van der Waals surface area contributed by atoms with E-state index in [1.54, 1.807) is 0 Å². The largest absolute Gasteiger partial charge is 0.300 e. The summed E-state index contributed by atoms with van der Waals surface area (Å²) < 4.78 is 0. The van der Waals surface area contributed by atoms with Crippen LogP contribution in [0.4, 0.5) is 0 Å². The van der Waals surface area contributed by atoms with Crippen LogP contribution in [-0.4, -0.2) is 5.78 Å². The van der Waals surface area contributed by atoms with Crippen molar-refractivity contribution in [1.82, 2.24) is 0 Å². The molecule has 0 N–H and O–H groups in total. The Morgan fingerprint density at radius 3 is 2.12 bits per heavy atom. The highest BCUT2D eigenvalue weighted by Crippen LogP contribution is 2.40. The number of hydrogen-bond acceptors (Lipinski definition) is 1. The molecule has 17 heavy (non-hydrogen) atoms. The molecular weight excluding hydrogens is 208 g/mol. The highest BCUT2D eigenvalue weighted by molar-refractivity contribution is 5.79. The first kappa shape index (κ1) is 13.1.